The van der Waals surface area contributed by atoms with Gasteiger partial charge in [0.05, 0.1) is 18.1 Å². The van der Waals surface area contributed by atoms with E-state index in [-0.39, 0.29) is 11.9 Å². The van der Waals surface area contributed by atoms with Gasteiger partial charge in [-0.1, -0.05) is 6.07 Å². The van der Waals surface area contributed by atoms with Crippen LogP contribution in [0.1, 0.15) is 28.4 Å². The molecule has 0 fully saturated rings. The Morgan fingerprint density at radius 3 is 2.83 bits per heavy atom. The number of methoxy groups -OCH3 is 1. The summed E-state index contributed by atoms with van der Waals surface area (Å²) in [5.74, 6) is 0.0876. The average molecular weight is 311 g/mol. The maximum atomic E-state index is 12.6. The summed E-state index contributed by atoms with van der Waals surface area (Å²) in [5, 5.41) is 2.82. The molecule has 23 heavy (non-hydrogen) atoms. The Bertz CT molecular complexity index is 779. The fraction of sp³-hybridized carbons (Fsp3) is 0.294. The fourth-order valence-electron chi connectivity index (χ4n) is 3.29. The fourth-order valence-corrected chi connectivity index (χ4v) is 3.29. The third-order valence-electron chi connectivity index (χ3n) is 4.62. The Kier molecular flexibility index (Phi) is 3.60. The predicted molar refractivity (Wildman–Crippen MR) is 86.5 cm³/mol. The summed E-state index contributed by atoms with van der Waals surface area (Å²) in [6.45, 7) is 5.25. The van der Waals surface area contributed by atoms with Crippen LogP contribution >= 0.6 is 0 Å². The van der Waals surface area contributed by atoms with Crippen molar-refractivity contribution in [1.82, 2.24) is 5.32 Å². The second kappa shape index (κ2) is 5.46. The molecule has 1 N–H and O–H groups in total. The Balaban J connectivity index is 1.98. The normalized spacial score (nSPS) is 22.6. The Morgan fingerprint density at radius 2 is 2.13 bits per heavy atom. The lowest BCUT2D eigenvalue weighted by Gasteiger charge is -2.21. The van der Waals surface area contributed by atoms with E-state index >= 15 is 0 Å². The number of carbonyl (C=O) groups is 2. The molecule has 2 aliphatic rings. The molecule has 6 nitrogen and oxygen atoms in total. The first-order chi connectivity index (χ1) is 11.0. The number of nitrogens with one attached hydrogen (secondary N) is 1. The van der Waals surface area contributed by atoms with Gasteiger partial charge in [0.15, 0.2) is 0 Å². The van der Waals surface area contributed by atoms with Gasteiger partial charge in [-0.25, -0.2) is 9.79 Å². The number of aliphatic imine (C=N–C) groups is 2. The molecule has 1 spiro atoms. The van der Waals surface area contributed by atoms with Gasteiger partial charge in [-0.3, -0.25) is 9.79 Å². The zero-order chi connectivity index (χ0) is 16.6. The zero-order valence-electron chi connectivity index (χ0n) is 13.0. The summed E-state index contributed by atoms with van der Waals surface area (Å²) in [4.78, 5) is 31.9. The van der Waals surface area contributed by atoms with Crippen LogP contribution in [-0.4, -0.2) is 32.0 Å². The molecule has 1 aromatic rings. The number of fused-ring (bicyclic) bond motifs is 1. The summed E-state index contributed by atoms with van der Waals surface area (Å²) in [7, 11) is 1.35. The second-order valence-corrected chi connectivity index (χ2v) is 5.77. The van der Waals surface area contributed by atoms with Gasteiger partial charge in [-0.2, -0.15) is 0 Å². The van der Waals surface area contributed by atoms with E-state index in [1.54, 1.807) is 6.07 Å². The van der Waals surface area contributed by atoms with Crippen LogP contribution in [0.15, 0.2) is 39.6 Å². The van der Waals surface area contributed by atoms with Crippen molar-refractivity contribution < 1.29 is 14.3 Å². The minimum atomic E-state index is -0.634. The second-order valence-electron chi connectivity index (χ2n) is 5.77. The Hall–Kier alpha value is -2.76. The summed E-state index contributed by atoms with van der Waals surface area (Å²) >= 11 is 0. The van der Waals surface area contributed by atoms with Crippen LogP contribution in [0, 0.1) is 5.41 Å². The van der Waals surface area contributed by atoms with Gasteiger partial charge >= 0.3 is 5.97 Å². The van der Waals surface area contributed by atoms with Gasteiger partial charge in [-0.05, 0) is 55.3 Å². The molecule has 1 aliphatic carbocycles. The molecule has 118 valence electrons. The number of hydrogen-bond donors (Lipinski definition) is 1. The van der Waals surface area contributed by atoms with E-state index in [0.29, 0.717) is 24.2 Å². The van der Waals surface area contributed by atoms with Crippen molar-refractivity contribution in [1.29, 1.82) is 0 Å². The largest absolute Gasteiger partial charge is 0.465 e. The monoisotopic (exact) mass is 311 g/mol. The van der Waals surface area contributed by atoms with Crippen molar-refractivity contribution in [3.63, 3.8) is 0 Å². The standard InChI is InChI=1S/C17H17N3O3/c1-10-14(19-9-18-2)20-16(22)17(10)7-12-5-4-11(15(21)23-3)6-13(12)8-17/h4-6,9H,2,7-8H2,1,3H3,(H,20,22). The quantitative estimate of drug-likeness (QED) is 0.523. The topological polar surface area (TPSA) is 80.1 Å². The van der Waals surface area contributed by atoms with Gasteiger partial charge in [-0.15, -0.1) is 0 Å². The molecule has 1 heterocycles. The van der Waals surface area contributed by atoms with E-state index in [9.17, 15) is 9.59 Å². The van der Waals surface area contributed by atoms with Crippen molar-refractivity contribution in [2.45, 2.75) is 19.8 Å². The highest BCUT2D eigenvalue weighted by Gasteiger charge is 2.50. The SMILES string of the molecule is C=NC=NC1=C(C)C2(Cc3ccc(C(=O)OC)cc3C2)C(=O)N1. The predicted octanol–water partition coefficient (Wildman–Crippen LogP) is 1.65. The molecule has 1 unspecified atom stereocenters. The molecule has 0 saturated heterocycles. The van der Waals surface area contributed by atoms with Crippen molar-refractivity contribution in [3.05, 3.63) is 46.3 Å². The Labute approximate surface area is 134 Å². The van der Waals surface area contributed by atoms with Crippen LogP contribution in [0.5, 0.6) is 0 Å². The number of nitrogens with zero attached hydrogens (tertiary/aromatic N) is 2. The molecule has 0 radical (unpaired) electrons. The molecule has 1 aliphatic heterocycles. The highest BCUT2D eigenvalue weighted by atomic mass is 16.5. The highest BCUT2D eigenvalue weighted by Crippen LogP contribution is 2.46. The highest BCUT2D eigenvalue weighted by molar-refractivity contribution is 5.94. The van der Waals surface area contributed by atoms with Crippen LogP contribution in [0.3, 0.4) is 0 Å². The molecule has 0 saturated carbocycles. The van der Waals surface area contributed by atoms with Crippen LogP contribution in [0.4, 0.5) is 0 Å². The Morgan fingerprint density at radius 1 is 1.39 bits per heavy atom. The molecule has 1 atom stereocenters. The van der Waals surface area contributed by atoms with E-state index in [4.69, 9.17) is 4.74 Å². The van der Waals surface area contributed by atoms with Crippen molar-refractivity contribution in [2.24, 2.45) is 15.4 Å². The van der Waals surface area contributed by atoms with Crippen LogP contribution < -0.4 is 5.32 Å². The summed E-state index contributed by atoms with van der Waals surface area (Å²) in [5.41, 5.74) is 2.81. The number of ether oxygens (including phenoxy) is 1. The van der Waals surface area contributed by atoms with Gasteiger partial charge in [0.25, 0.3) is 0 Å². The summed E-state index contributed by atoms with van der Waals surface area (Å²) in [6, 6.07) is 5.43. The number of rotatable bonds is 3. The molecule has 6 heteroatoms. The van der Waals surface area contributed by atoms with Crippen LogP contribution in [0.2, 0.25) is 0 Å². The number of hydrogen-bond acceptors (Lipinski definition) is 4. The molecule has 3 rings (SSSR count). The van der Waals surface area contributed by atoms with Crippen LogP contribution in [-0.2, 0) is 22.4 Å². The molecule has 0 aromatic heterocycles. The molecule has 1 aromatic carbocycles. The lowest BCUT2D eigenvalue weighted by atomic mass is 9.79. The van der Waals surface area contributed by atoms with E-state index < -0.39 is 5.41 Å². The lowest BCUT2D eigenvalue weighted by molar-refractivity contribution is -0.126. The van der Waals surface area contributed by atoms with Crippen molar-refractivity contribution in [3.8, 4) is 0 Å². The first-order valence-electron chi connectivity index (χ1n) is 7.23. The minimum absolute atomic E-state index is 0.0676. The van der Waals surface area contributed by atoms with Gasteiger partial charge in [0.2, 0.25) is 5.91 Å². The molecular formula is C17H17N3O3. The smallest absolute Gasteiger partial charge is 0.337 e. The van der Waals surface area contributed by atoms with Gasteiger partial charge in [0, 0.05) is 0 Å². The van der Waals surface area contributed by atoms with Gasteiger partial charge < -0.3 is 10.1 Å². The maximum Gasteiger partial charge on any atom is 0.337 e. The van der Waals surface area contributed by atoms with Gasteiger partial charge in [0.1, 0.15) is 12.2 Å². The first kappa shape index (κ1) is 15.1. The maximum absolute atomic E-state index is 12.6. The minimum Gasteiger partial charge on any atom is -0.465 e. The number of esters is 1. The third kappa shape index (κ3) is 2.27. The van der Waals surface area contributed by atoms with Crippen molar-refractivity contribution in [2.75, 3.05) is 7.11 Å². The van der Waals surface area contributed by atoms with E-state index in [1.807, 2.05) is 19.1 Å². The zero-order valence-corrected chi connectivity index (χ0v) is 13.0. The van der Waals surface area contributed by atoms with E-state index in [0.717, 1.165) is 16.7 Å². The number of amides is 1. The first-order valence-corrected chi connectivity index (χ1v) is 7.23. The van der Waals surface area contributed by atoms with Crippen molar-refractivity contribution >= 4 is 24.9 Å². The van der Waals surface area contributed by atoms with E-state index in [2.05, 4.69) is 22.0 Å². The molecular weight excluding hydrogens is 294 g/mol. The van der Waals surface area contributed by atoms with E-state index in [1.165, 1.54) is 13.4 Å². The summed E-state index contributed by atoms with van der Waals surface area (Å²) < 4.78 is 4.75. The average Bonchev–Trinajstić information content (AvgIpc) is 3.05. The number of carbonyl (C=O) groups excluding carboxylic acids is 2. The summed E-state index contributed by atoms with van der Waals surface area (Å²) in [6.07, 6.45) is 2.46. The third-order valence-corrected chi connectivity index (χ3v) is 4.62. The van der Waals surface area contributed by atoms with Crippen LogP contribution in [0.25, 0.3) is 0 Å². The number of benzene rings is 1. The lowest BCUT2D eigenvalue weighted by Crippen LogP contribution is -2.34. The molecule has 1 amide bonds. The molecule has 0 bridgehead atoms.